The molecule has 0 saturated heterocycles. The highest BCUT2D eigenvalue weighted by Gasteiger charge is 2.26. The lowest BCUT2D eigenvalue weighted by atomic mass is 10.2. The third kappa shape index (κ3) is 2.03. The minimum atomic E-state index is -0.272. The van der Waals surface area contributed by atoms with Gasteiger partial charge in [-0.3, -0.25) is 4.79 Å². The number of hydrogen-bond acceptors (Lipinski definition) is 2. The Balaban J connectivity index is 1.74. The van der Waals surface area contributed by atoms with Crippen molar-refractivity contribution in [1.29, 1.82) is 0 Å². The number of amides is 1. The summed E-state index contributed by atoms with van der Waals surface area (Å²) >= 11 is 1.42. The van der Waals surface area contributed by atoms with Crippen LogP contribution in [0.2, 0.25) is 0 Å². The van der Waals surface area contributed by atoms with E-state index in [0.29, 0.717) is 11.4 Å². The van der Waals surface area contributed by atoms with Crippen LogP contribution in [0.15, 0.2) is 48.5 Å². The Hall–Kier alpha value is -2.20. The summed E-state index contributed by atoms with van der Waals surface area (Å²) in [5.74, 6) is -0.271. The molecule has 4 rings (SSSR count). The van der Waals surface area contributed by atoms with Crippen LogP contribution in [-0.4, -0.2) is 12.5 Å². The van der Waals surface area contributed by atoms with Crippen LogP contribution in [0, 0.1) is 5.82 Å². The average Bonchev–Trinajstić information content (AvgIpc) is 3.09. The SMILES string of the molecule is O=C(c1cc2cc(F)ccc2s1)N1CCc2ccccc21. The molecular formula is C17H12FNOS. The van der Waals surface area contributed by atoms with Crippen LogP contribution in [0.25, 0.3) is 10.1 Å². The molecule has 0 atom stereocenters. The van der Waals surface area contributed by atoms with Gasteiger partial charge < -0.3 is 4.90 Å². The topological polar surface area (TPSA) is 20.3 Å². The van der Waals surface area contributed by atoms with E-state index in [1.165, 1.54) is 29.0 Å². The van der Waals surface area contributed by atoms with E-state index < -0.39 is 0 Å². The fourth-order valence-corrected chi connectivity index (χ4v) is 3.79. The van der Waals surface area contributed by atoms with Crippen LogP contribution in [-0.2, 0) is 6.42 Å². The zero-order chi connectivity index (χ0) is 14.4. The largest absolute Gasteiger partial charge is 0.307 e. The first kappa shape index (κ1) is 12.5. The van der Waals surface area contributed by atoms with E-state index in [1.807, 2.05) is 23.1 Å². The summed E-state index contributed by atoms with van der Waals surface area (Å²) in [4.78, 5) is 15.2. The molecule has 2 heterocycles. The van der Waals surface area contributed by atoms with Crippen LogP contribution in [0.4, 0.5) is 10.1 Å². The van der Waals surface area contributed by atoms with Crippen LogP contribution in [0.3, 0.4) is 0 Å². The number of carbonyl (C=O) groups excluding carboxylic acids is 1. The molecule has 0 saturated carbocycles. The Bertz CT molecular complexity index is 855. The van der Waals surface area contributed by atoms with Gasteiger partial charge in [0.25, 0.3) is 5.91 Å². The van der Waals surface area contributed by atoms with E-state index in [-0.39, 0.29) is 11.7 Å². The third-order valence-corrected chi connectivity index (χ3v) is 4.93. The highest BCUT2D eigenvalue weighted by Crippen LogP contribution is 2.32. The van der Waals surface area contributed by atoms with Crippen molar-refractivity contribution in [2.45, 2.75) is 6.42 Å². The molecule has 21 heavy (non-hydrogen) atoms. The molecule has 0 bridgehead atoms. The van der Waals surface area contributed by atoms with Crippen molar-refractivity contribution < 1.29 is 9.18 Å². The molecule has 4 heteroatoms. The predicted octanol–water partition coefficient (Wildman–Crippen LogP) is 4.24. The number of benzene rings is 2. The molecule has 1 aromatic heterocycles. The first-order chi connectivity index (χ1) is 10.2. The fraction of sp³-hybridized carbons (Fsp3) is 0.118. The van der Waals surface area contributed by atoms with Gasteiger partial charge in [-0.25, -0.2) is 4.39 Å². The van der Waals surface area contributed by atoms with Crippen LogP contribution in [0.1, 0.15) is 15.2 Å². The van der Waals surface area contributed by atoms with Crippen molar-refractivity contribution in [3.05, 3.63) is 64.8 Å². The van der Waals surface area contributed by atoms with Gasteiger partial charge in [0.15, 0.2) is 0 Å². The number of fused-ring (bicyclic) bond motifs is 2. The number of thiophene rings is 1. The highest BCUT2D eigenvalue weighted by atomic mass is 32.1. The molecule has 0 fully saturated rings. The molecule has 0 aliphatic carbocycles. The van der Waals surface area contributed by atoms with Crippen molar-refractivity contribution in [3.8, 4) is 0 Å². The number of halogens is 1. The maximum absolute atomic E-state index is 13.3. The molecule has 2 nitrogen and oxygen atoms in total. The molecular weight excluding hydrogens is 285 g/mol. The standard InChI is InChI=1S/C17H12FNOS/c18-13-5-6-15-12(9-13)10-16(21-15)17(20)19-8-7-11-3-1-2-4-14(11)19/h1-6,9-10H,7-8H2. The van der Waals surface area contributed by atoms with Crippen LogP contribution in [0.5, 0.6) is 0 Å². The number of hydrogen-bond donors (Lipinski definition) is 0. The molecule has 0 spiro atoms. The number of carbonyl (C=O) groups is 1. The molecule has 1 aliphatic rings. The zero-order valence-corrected chi connectivity index (χ0v) is 12.0. The summed E-state index contributed by atoms with van der Waals surface area (Å²) in [7, 11) is 0. The second-order valence-electron chi connectivity index (χ2n) is 5.13. The van der Waals surface area contributed by atoms with Gasteiger partial charge in [0, 0.05) is 16.9 Å². The Morgan fingerprint density at radius 2 is 2.00 bits per heavy atom. The summed E-state index contributed by atoms with van der Waals surface area (Å²) in [6, 6.07) is 14.4. The number of nitrogens with zero attached hydrogens (tertiary/aromatic N) is 1. The van der Waals surface area contributed by atoms with Gasteiger partial charge in [0.2, 0.25) is 0 Å². The lowest BCUT2D eigenvalue weighted by Crippen LogP contribution is -2.28. The summed E-state index contributed by atoms with van der Waals surface area (Å²) in [6.07, 6.45) is 0.890. The Morgan fingerprint density at radius 3 is 2.90 bits per heavy atom. The molecule has 2 aromatic carbocycles. The van der Waals surface area contributed by atoms with Gasteiger partial charge in [0.1, 0.15) is 5.82 Å². The normalized spacial score (nSPS) is 13.7. The van der Waals surface area contributed by atoms with E-state index in [2.05, 4.69) is 6.07 Å². The van der Waals surface area contributed by atoms with Crippen LogP contribution < -0.4 is 4.90 Å². The fourth-order valence-electron chi connectivity index (χ4n) is 2.80. The molecule has 0 unspecified atom stereocenters. The van der Waals surface area contributed by atoms with Gasteiger partial charge in [0.05, 0.1) is 4.88 Å². The summed E-state index contributed by atoms with van der Waals surface area (Å²) in [5, 5.41) is 0.788. The minimum Gasteiger partial charge on any atom is -0.307 e. The van der Waals surface area contributed by atoms with Crippen molar-refractivity contribution in [2.75, 3.05) is 11.4 Å². The summed E-state index contributed by atoms with van der Waals surface area (Å²) in [6.45, 7) is 0.709. The third-order valence-electron chi connectivity index (χ3n) is 3.82. The van der Waals surface area contributed by atoms with Crippen molar-refractivity contribution >= 4 is 33.0 Å². The Labute approximate surface area is 125 Å². The van der Waals surface area contributed by atoms with Crippen molar-refractivity contribution in [1.82, 2.24) is 0 Å². The molecule has 0 radical (unpaired) electrons. The van der Waals surface area contributed by atoms with Gasteiger partial charge in [-0.05, 0) is 47.7 Å². The van der Waals surface area contributed by atoms with E-state index in [0.717, 1.165) is 22.2 Å². The Kier molecular flexibility index (Phi) is 2.79. The average molecular weight is 297 g/mol. The maximum Gasteiger partial charge on any atom is 0.268 e. The second kappa shape index (κ2) is 4.67. The first-order valence-electron chi connectivity index (χ1n) is 6.81. The van der Waals surface area contributed by atoms with Crippen molar-refractivity contribution in [2.24, 2.45) is 0 Å². The highest BCUT2D eigenvalue weighted by molar-refractivity contribution is 7.20. The summed E-state index contributed by atoms with van der Waals surface area (Å²) < 4.78 is 14.2. The second-order valence-corrected chi connectivity index (χ2v) is 6.21. The zero-order valence-electron chi connectivity index (χ0n) is 11.2. The molecule has 1 amide bonds. The van der Waals surface area contributed by atoms with Gasteiger partial charge >= 0.3 is 0 Å². The smallest absolute Gasteiger partial charge is 0.268 e. The first-order valence-corrected chi connectivity index (χ1v) is 7.63. The predicted molar refractivity (Wildman–Crippen MR) is 83.6 cm³/mol. The maximum atomic E-state index is 13.3. The lowest BCUT2D eigenvalue weighted by Gasteiger charge is -2.15. The molecule has 0 N–H and O–H groups in total. The molecule has 104 valence electrons. The summed E-state index contributed by atoms with van der Waals surface area (Å²) in [5.41, 5.74) is 2.20. The number of rotatable bonds is 1. The monoisotopic (exact) mass is 297 g/mol. The van der Waals surface area contributed by atoms with Gasteiger partial charge in [-0.1, -0.05) is 18.2 Å². The molecule has 1 aliphatic heterocycles. The quantitative estimate of drug-likeness (QED) is 0.658. The van der Waals surface area contributed by atoms with Gasteiger partial charge in [-0.2, -0.15) is 0 Å². The Morgan fingerprint density at radius 1 is 1.14 bits per heavy atom. The number of para-hydroxylation sites is 1. The minimum absolute atomic E-state index is 0.00144. The van der Waals surface area contributed by atoms with Gasteiger partial charge in [-0.15, -0.1) is 11.3 Å². The number of anilines is 1. The lowest BCUT2D eigenvalue weighted by molar-refractivity contribution is 0.0993. The van der Waals surface area contributed by atoms with E-state index >= 15 is 0 Å². The van der Waals surface area contributed by atoms with Crippen LogP contribution >= 0.6 is 11.3 Å². The van der Waals surface area contributed by atoms with Crippen molar-refractivity contribution in [3.63, 3.8) is 0 Å². The van der Waals surface area contributed by atoms with E-state index in [1.54, 1.807) is 12.1 Å². The van der Waals surface area contributed by atoms with E-state index in [4.69, 9.17) is 0 Å². The van der Waals surface area contributed by atoms with E-state index in [9.17, 15) is 9.18 Å². The molecule has 3 aromatic rings.